The van der Waals surface area contributed by atoms with Crippen molar-refractivity contribution in [2.75, 3.05) is 6.54 Å². The fourth-order valence-corrected chi connectivity index (χ4v) is 1.07. The summed E-state index contributed by atoms with van der Waals surface area (Å²) < 4.78 is 0. The molecule has 0 aromatic carbocycles. The second kappa shape index (κ2) is 7.93. The van der Waals surface area contributed by atoms with E-state index in [1.165, 1.54) is 6.92 Å². The fourth-order valence-electron chi connectivity index (χ4n) is 1.07. The highest BCUT2D eigenvalue weighted by Crippen LogP contribution is 1.98. The number of carbonyl (C=O) groups excluding carboxylic acids is 3. The van der Waals surface area contributed by atoms with Crippen LogP contribution in [0.4, 0.5) is 0 Å². The zero-order chi connectivity index (χ0) is 14.1. The number of ketones is 1. The Labute approximate surface area is 103 Å². The maximum absolute atomic E-state index is 11.3. The van der Waals surface area contributed by atoms with E-state index in [0.29, 0.717) is 6.21 Å². The lowest BCUT2D eigenvalue weighted by Gasteiger charge is -2.13. The topological polar surface area (TPSA) is 136 Å². The van der Waals surface area contributed by atoms with Crippen molar-refractivity contribution in [3.8, 4) is 0 Å². The van der Waals surface area contributed by atoms with E-state index < -0.39 is 29.6 Å². The van der Waals surface area contributed by atoms with E-state index >= 15 is 0 Å². The molecule has 8 nitrogen and oxygen atoms in total. The van der Waals surface area contributed by atoms with Gasteiger partial charge in [0, 0.05) is 13.3 Å². The Kier molecular flexibility index (Phi) is 6.94. The third-order valence-electron chi connectivity index (χ3n) is 1.97. The van der Waals surface area contributed by atoms with E-state index in [4.69, 9.17) is 10.5 Å². The normalized spacial score (nSPS) is 11.2. The highest BCUT2D eigenvalue weighted by molar-refractivity contribution is 6.26. The number of carboxylic acid groups (broad SMARTS) is 1. The van der Waals surface area contributed by atoms with Gasteiger partial charge >= 0.3 is 5.97 Å². The smallest absolute Gasteiger partial charge is 0.326 e. The lowest BCUT2D eigenvalue weighted by atomic mass is 10.1. The molecular formula is C10H15N3O5. The van der Waals surface area contributed by atoms with Gasteiger partial charge in [0.05, 0.1) is 12.8 Å². The second-order valence-electron chi connectivity index (χ2n) is 3.52. The summed E-state index contributed by atoms with van der Waals surface area (Å²) in [7, 11) is 0. The molecular weight excluding hydrogens is 242 g/mol. The van der Waals surface area contributed by atoms with Gasteiger partial charge in [0.15, 0.2) is 5.78 Å². The molecule has 0 saturated carbocycles. The molecule has 0 aliphatic heterocycles. The van der Waals surface area contributed by atoms with E-state index in [9.17, 15) is 19.2 Å². The first-order valence-electron chi connectivity index (χ1n) is 5.16. The molecule has 0 aliphatic rings. The molecule has 0 fully saturated rings. The number of aliphatic carboxylic acids is 1. The van der Waals surface area contributed by atoms with Crippen molar-refractivity contribution >= 4 is 29.8 Å². The van der Waals surface area contributed by atoms with Gasteiger partial charge in [-0.05, 0) is 6.42 Å². The van der Waals surface area contributed by atoms with Gasteiger partial charge in [0.2, 0.25) is 11.8 Å². The minimum Gasteiger partial charge on any atom is -0.480 e. The van der Waals surface area contributed by atoms with Gasteiger partial charge in [0.25, 0.3) is 0 Å². The average Bonchev–Trinajstić information content (AvgIpc) is 2.30. The molecule has 0 aromatic rings. The number of rotatable bonds is 8. The van der Waals surface area contributed by atoms with Crippen LogP contribution in [0.15, 0.2) is 0 Å². The van der Waals surface area contributed by atoms with Crippen LogP contribution < -0.4 is 10.6 Å². The summed E-state index contributed by atoms with van der Waals surface area (Å²) in [5, 5.41) is 19.9. The molecule has 18 heavy (non-hydrogen) atoms. The first kappa shape index (κ1) is 15.8. The van der Waals surface area contributed by atoms with Crippen molar-refractivity contribution < 1.29 is 24.3 Å². The summed E-state index contributed by atoms with van der Waals surface area (Å²) in [6.45, 7) is 0.905. The van der Waals surface area contributed by atoms with Crippen LogP contribution in [0.5, 0.6) is 0 Å². The molecule has 0 radical (unpaired) electrons. The van der Waals surface area contributed by atoms with E-state index in [2.05, 4.69) is 10.6 Å². The Morgan fingerprint density at radius 2 is 1.94 bits per heavy atom. The first-order chi connectivity index (χ1) is 8.36. The minimum absolute atomic E-state index is 0.102. The van der Waals surface area contributed by atoms with Crippen LogP contribution in [-0.4, -0.2) is 47.5 Å². The van der Waals surface area contributed by atoms with Gasteiger partial charge in [0.1, 0.15) is 6.04 Å². The zero-order valence-electron chi connectivity index (χ0n) is 9.86. The molecule has 0 aliphatic carbocycles. The van der Waals surface area contributed by atoms with E-state index in [0.717, 1.165) is 0 Å². The van der Waals surface area contributed by atoms with Crippen LogP contribution in [0.3, 0.4) is 0 Å². The number of hydrogen-bond acceptors (Lipinski definition) is 5. The molecule has 0 aromatic heterocycles. The molecule has 100 valence electrons. The molecule has 2 amide bonds. The summed E-state index contributed by atoms with van der Waals surface area (Å²) in [5.41, 5.74) is 0. The van der Waals surface area contributed by atoms with Crippen LogP contribution >= 0.6 is 0 Å². The van der Waals surface area contributed by atoms with E-state index in [-0.39, 0.29) is 19.4 Å². The summed E-state index contributed by atoms with van der Waals surface area (Å²) >= 11 is 0. The van der Waals surface area contributed by atoms with Crippen molar-refractivity contribution in [3.63, 3.8) is 0 Å². The maximum atomic E-state index is 11.3. The predicted octanol–water partition coefficient (Wildman–Crippen LogP) is -1.31. The summed E-state index contributed by atoms with van der Waals surface area (Å²) in [4.78, 5) is 43.4. The Hall–Kier alpha value is -2.25. The molecule has 0 spiro atoms. The minimum atomic E-state index is -1.27. The number of carboxylic acids is 1. The van der Waals surface area contributed by atoms with E-state index in [1.54, 1.807) is 0 Å². The highest BCUT2D eigenvalue weighted by atomic mass is 16.4. The molecule has 0 saturated heterocycles. The third-order valence-corrected chi connectivity index (χ3v) is 1.97. The van der Waals surface area contributed by atoms with Gasteiger partial charge in [-0.15, -0.1) is 0 Å². The number of amides is 2. The Morgan fingerprint density at radius 3 is 2.39 bits per heavy atom. The highest BCUT2D eigenvalue weighted by Gasteiger charge is 2.20. The average molecular weight is 257 g/mol. The molecule has 0 rings (SSSR count). The Bertz CT molecular complexity index is 367. The SMILES string of the molecule is CC(=O)NCC(=O)NC(CCC(=O)C=N)C(=O)O. The monoisotopic (exact) mass is 257 g/mol. The molecule has 0 bridgehead atoms. The molecule has 1 atom stereocenters. The van der Waals surface area contributed by atoms with Crippen molar-refractivity contribution in [1.82, 2.24) is 10.6 Å². The van der Waals surface area contributed by atoms with Crippen molar-refractivity contribution in [1.29, 1.82) is 5.41 Å². The lowest BCUT2D eigenvalue weighted by Crippen LogP contribution is -2.45. The molecule has 4 N–H and O–H groups in total. The van der Waals surface area contributed by atoms with Gasteiger partial charge in [-0.2, -0.15) is 0 Å². The summed E-state index contributed by atoms with van der Waals surface area (Å²) in [6.07, 6.45) is 0.355. The lowest BCUT2D eigenvalue weighted by molar-refractivity contribution is -0.142. The maximum Gasteiger partial charge on any atom is 0.326 e. The van der Waals surface area contributed by atoms with Gasteiger partial charge in [-0.3, -0.25) is 14.4 Å². The summed E-state index contributed by atoms with van der Waals surface area (Å²) in [6, 6.07) is -1.21. The fraction of sp³-hybridized carbons (Fsp3) is 0.500. The second-order valence-corrected chi connectivity index (χ2v) is 3.52. The van der Waals surface area contributed by atoms with Gasteiger partial charge in [-0.1, -0.05) is 0 Å². The van der Waals surface area contributed by atoms with E-state index in [1.807, 2.05) is 0 Å². The van der Waals surface area contributed by atoms with Gasteiger partial charge in [-0.25, -0.2) is 4.79 Å². The Balaban J connectivity index is 4.22. The number of hydrogen-bond donors (Lipinski definition) is 4. The molecule has 8 heteroatoms. The third kappa shape index (κ3) is 7.09. The first-order valence-corrected chi connectivity index (χ1v) is 5.16. The van der Waals surface area contributed by atoms with Crippen LogP contribution in [-0.2, 0) is 19.2 Å². The Morgan fingerprint density at radius 1 is 1.33 bits per heavy atom. The summed E-state index contributed by atoms with van der Waals surface area (Å²) in [5.74, 6) is -2.85. The predicted molar refractivity (Wildman–Crippen MR) is 61.3 cm³/mol. The number of nitrogens with one attached hydrogen (secondary N) is 3. The largest absolute Gasteiger partial charge is 0.480 e. The van der Waals surface area contributed by atoms with Crippen LogP contribution in [0.25, 0.3) is 0 Å². The molecule has 0 heterocycles. The van der Waals surface area contributed by atoms with Crippen molar-refractivity contribution in [2.24, 2.45) is 0 Å². The number of carbonyl (C=O) groups is 4. The standard InChI is InChI=1S/C10H15N3O5/c1-6(14)12-5-9(16)13-8(10(17)18)3-2-7(15)4-11/h4,8,11H,2-3,5H2,1H3,(H,12,14)(H,13,16)(H,17,18). The van der Waals surface area contributed by atoms with Crippen LogP contribution in [0, 0.1) is 5.41 Å². The quantitative estimate of drug-likeness (QED) is 0.400. The van der Waals surface area contributed by atoms with Crippen molar-refractivity contribution in [3.05, 3.63) is 0 Å². The van der Waals surface area contributed by atoms with Crippen LogP contribution in [0.1, 0.15) is 19.8 Å². The zero-order valence-corrected chi connectivity index (χ0v) is 9.86. The molecule has 1 unspecified atom stereocenters. The van der Waals surface area contributed by atoms with Crippen LogP contribution in [0.2, 0.25) is 0 Å². The van der Waals surface area contributed by atoms with Gasteiger partial charge < -0.3 is 21.1 Å². The van der Waals surface area contributed by atoms with Crippen molar-refractivity contribution in [2.45, 2.75) is 25.8 Å². The number of Topliss-reactive ketones (excluding diaryl/α,β-unsaturated/α-hetero) is 1.